The first kappa shape index (κ1) is 9.16. The number of anilines is 1. The number of hydrogen-bond donors (Lipinski definition) is 2. The van der Waals surface area contributed by atoms with Crippen molar-refractivity contribution in [3.8, 4) is 5.75 Å². The molecule has 66 valence electrons. The van der Waals surface area contributed by atoms with Crippen LogP contribution in [0.25, 0.3) is 0 Å². The van der Waals surface area contributed by atoms with Gasteiger partial charge in [-0.3, -0.25) is 5.84 Å². The number of nitrogen functional groups attached to an aromatic ring is 1. The van der Waals surface area contributed by atoms with E-state index in [0.29, 0.717) is 23.1 Å². The fraction of sp³-hybridized carbons (Fsp3) is 0.250. The predicted molar refractivity (Wildman–Crippen MR) is 50.4 cm³/mol. The Hall–Kier alpha value is -0.930. The first-order valence-corrected chi connectivity index (χ1v) is 4.05. The molecule has 1 aromatic carbocycles. The molecule has 0 saturated carbocycles. The highest BCUT2D eigenvalue weighted by Gasteiger charge is 2.04. The molecule has 0 spiro atoms. The minimum absolute atomic E-state index is 0.516. The monoisotopic (exact) mass is 186 g/mol. The first-order chi connectivity index (χ1) is 5.79. The van der Waals surface area contributed by atoms with Crippen molar-refractivity contribution in [2.45, 2.75) is 6.92 Å². The van der Waals surface area contributed by atoms with Crippen LogP contribution in [0.4, 0.5) is 5.69 Å². The zero-order valence-corrected chi connectivity index (χ0v) is 7.56. The Bertz CT molecular complexity index is 265. The van der Waals surface area contributed by atoms with E-state index in [1.54, 1.807) is 12.1 Å². The molecule has 3 N–H and O–H groups in total. The van der Waals surface area contributed by atoms with Crippen molar-refractivity contribution in [3.63, 3.8) is 0 Å². The lowest BCUT2D eigenvalue weighted by Gasteiger charge is -2.08. The molecule has 0 amide bonds. The van der Waals surface area contributed by atoms with Crippen LogP contribution < -0.4 is 16.0 Å². The Kier molecular flexibility index (Phi) is 3.19. The standard InChI is InChI=1S/C8H11ClN2O/c1-2-12-7-5-3-4-6(11-10)8(7)9/h3-5,11H,2,10H2,1H3. The Morgan fingerprint density at radius 2 is 2.33 bits per heavy atom. The highest BCUT2D eigenvalue weighted by atomic mass is 35.5. The minimum atomic E-state index is 0.516. The van der Waals surface area contributed by atoms with Crippen LogP contribution in [0.5, 0.6) is 5.75 Å². The van der Waals surface area contributed by atoms with Gasteiger partial charge in [-0.2, -0.15) is 0 Å². The van der Waals surface area contributed by atoms with Crippen molar-refractivity contribution >= 4 is 17.3 Å². The average molecular weight is 187 g/mol. The number of nitrogens with two attached hydrogens (primary N) is 1. The second-order valence-corrected chi connectivity index (χ2v) is 2.57. The third-order valence-corrected chi connectivity index (χ3v) is 1.81. The molecule has 1 rings (SSSR count). The molecule has 12 heavy (non-hydrogen) atoms. The molecule has 0 bridgehead atoms. The van der Waals surface area contributed by atoms with E-state index in [9.17, 15) is 0 Å². The number of benzene rings is 1. The van der Waals surface area contributed by atoms with Gasteiger partial charge in [0.05, 0.1) is 12.3 Å². The third kappa shape index (κ3) is 1.81. The van der Waals surface area contributed by atoms with Gasteiger partial charge in [0.2, 0.25) is 0 Å². The lowest BCUT2D eigenvalue weighted by Crippen LogP contribution is -2.07. The van der Waals surface area contributed by atoms with Gasteiger partial charge in [-0.15, -0.1) is 0 Å². The first-order valence-electron chi connectivity index (χ1n) is 3.67. The zero-order valence-electron chi connectivity index (χ0n) is 6.80. The topological polar surface area (TPSA) is 47.3 Å². The van der Waals surface area contributed by atoms with Gasteiger partial charge in [0, 0.05) is 0 Å². The molecule has 1 aromatic rings. The molecular weight excluding hydrogens is 176 g/mol. The van der Waals surface area contributed by atoms with Gasteiger partial charge >= 0.3 is 0 Å². The quantitative estimate of drug-likeness (QED) is 0.561. The summed E-state index contributed by atoms with van der Waals surface area (Å²) in [4.78, 5) is 0. The molecule has 0 unspecified atom stereocenters. The maximum atomic E-state index is 5.92. The summed E-state index contributed by atoms with van der Waals surface area (Å²) >= 11 is 5.92. The molecule has 0 aromatic heterocycles. The number of hydrazine groups is 1. The van der Waals surface area contributed by atoms with E-state index < -0.39 is 0 Å². The molecule has 0 fully saturated rings. The van der Waals surface area contributed by atoms with Crippen LogP contribution in [0, 0.1) is 0 Å². The van der Waals surface area contributed by atoms with E-state index in [2.05, 4.69) is 5.43 Å². The molecule has 4 heteroatoms. The Morgan fingerprint density at radius 3 is 2.92 bits per heavy atom. The largest absolute Gasteiger partial charge is 0.492 e. The van der Waals surface area contributed by atoms with E-state index >= 15 is 0 Å². The van der Waals surface area contributed by atoms with Crippen molar-refractivity contribution in [1.29, 1.82) is 0 Å². The second-order valence-electron chi connectivity index (χ2n) is 2.20. The molecule has 0 heterocycles. The Morgan fingerprint density at radius 1 is 1.58 bits per heavy atom. The van der Waals surface area contributed by atoms with Gasteiger partial charge in [0.25, 0.3) is 0 Å². The van der Waals surface area contributed by atoms with Gasteiger partial charge in [-0.05, 0) is 19.1 Å². The molecule has 0 atom stereocenters. The van der Waals surface area contributed by atoms with Gasteiger partial charge in [-0.25, -0.2) is 0 Å². The summed E-state index contributed by atoms with van der Waals surface area (Å²) in [6.45, 7) is 2.49. The molecule has 0 saturated heterocycles. The van der Waals surface area contributed by atoms with E-state index in [1.807, 2.05) is 13.0 Å². The van der Waals surface area contributed by atoms with Crippen LogP contribution in [-0.2, 0) is 0 Å². The van der Waals surface area contributed by atoms with E-state index in [0.717, 1.165) is 0 Å². The van der Waals surface area contributed by atoms with Gasteiger partial charge in [0.15, 0.2) is 0 Å². The van der Waals surface area contributed by atoms with Crippen LogP contribution in [-0.4, -0.2) is 6.61 Å². The second kappa shape index (κ2) is 4.18. The molecule has 0 radical (unpaired) electrons. The maximum absolute atomic E-state index is 5.92. The lowest BCUT2D eigenvalue weighted by molar-refractivity contribution is 0.340. The van der Waals surface area contributed by atoms with Crippen LogP contribution in [0.1, 0.15) is 6.92 Å². The highest BCUT2D eigenvalue weighted by Crippen LogP contribution is 2.30. The maximum Gasteiger partial charge on any atom is 0.140 e. The fourth-order valence-corrected chi connectivity index (χ4v) is 1.12. The SMILES string of the molecule is CCOc1cccc(NN)c1Cl. The van der Waals surface area contributed by atoms with E-state index in [-0.39, 0.29) is 0 Å². The number of halogens is 1. The van der Waals surface area contributed by atoms with Crippen LogP contribution in [0.2, 0.25) is 5.02 Å². The smallest absolute Gasteiger partial charge is 0.140 e. The van der Waals surface area contributed by atoms with Crippen LogP contribution >= 0.6 is 11.6 Å². The molecule has 0 aliphatic rings. The summed E-state index contributed by atoms with van der Waals surface area (Å²) in [5, 5.41) is 0.516. The lowest BCUT2D eigenvalue weighted by atomic mass is 10.3. The third-order valence-electron chi connectivity index (χ3n) is 1.42. The van der Waals surface area contributed by atoms with Crippen LogP contribution in [0.15, 0.2) is 18.2 Å². The molecule has 3 nitrogen and oxygen atoms in total. The predicted octanol–water partition coefficient (Wildman–Crippen LogP) is 2.02. The molecular formula is C8H11ClN2O. The Labute approximate surface area is 76.4 Å². The van der Waals surface area contributed by atoms with Gasteiger partial charge in [0.1, 0.15) is 10.8 Å². The van der Waals surface area contributed by atoms with Crippen molar-refractivity contribution < 1.29 is 4.74 Å². The van der Waals surface area contributed by atoms with Crippen molar-refractivity contribution in [2.24, 2.45) is 5.84 Å². The number of ether oxygens (including phenoxy) is 1. The summed E-state index contributed by atoms with van der Waals surface area (Å²) in [6, 6.07) is 5.41. The van der Waals surface area contributed by atoms with Crippen molar-refractivity contribution in [2.75, 3.05) is 12.0 Å². The minimum Gasteiger partial charge on any atom is -0.492 e. The van der Waals surface area contributed by atoms with Crippen molar-refractivity contribution in [1.82, 2.24) is 0 Å². The van der Waals surface area contributed by atoms with E-state index in [1.165, 1.54) is 0 Å². The zero-order chi connectivity index (χ0) is 8.97. The van der Waals surface area contributed by atoms with E-state index in [4.69, 9.17) is 22.2 Å². The normalized spacial score (nSPS) is 9.58. The molecule has 0 aliphatic heterocycles. The average Bonchev–Trinajstić information content (AvgIpc) is 2.09. The number of nitrogens with one attached hydrogen (secondary N) is 1. The van der Waals surface area contributed by atoms with Gasteiger partial charge in [-0.1, -0.05) is 17.7 Å². The summed E-state index contributed by atoms with van der Waals surface area (Å²) in [7, 11) is 0. The fourth-order valence-electron chi connectivity index (χ4n) is 0.889. The number of hydrogen-bond acceptors (Lipinski definition) is 3. The summed E-state index contributed by atoms with van der Waals surface area (Å²) in [5.74, 6) is 5.87. The van der Waals surface area contributed by atoms with Crippen molar-refractivity contribution in [3.05, 3.63) is 23.2 Å². The Balaban J connectivity index is 2.97. The number of rotatable bonds is 3. The molecule has 0 aliphatic carbocycles. The van der Waals surface area contributed by atoms with Gasteiger partial charge < -0.3 is 10.2 Å². The van der Waals surface area contributed by atoms with Crippen LogP contribution in [0.3, 0.4) is 0 Å². The highest BCUT2D eigenvalue weighted by molar-refractivity contribution is 6.34. The summed E-state index contributed by atoms with van der Waals surface area (Å²) in [5.41, 5.74) is 3.15. The summed E-state index contributed by atoms with van der Waals surface area (Å²) < 4.78 is 5.25. The summed E-state index contributed by atoms with van der Waals surface area (Å²) in [6.07, 6.45) is 0.